The molecule has 0 spiro atoms. The molecule has 4 aromatic rings. The fourth-order valence-corrected chi connectivity index (χ4v) is 4.24. The highest BCUT2D eigenvalue weighted by molar-refractivity contribution is 6.30. The molecule has 2 heterocycles. The maximum atomic E-state index is 12.3. The second-order valence-corrected chi connectivity index (χ2v) is 9.05. The molecule has 0 bridgehead atoms. The van der Waals surface area contributed by atoms with Crippen molar-refractivity contribution in [1.29, 1.82) is 0 Å². The molecule has 36 heavy (non-hydrogen) atoms. The van der Waals surface area contributed by atoms with Gasteiger partial charge in [-0.2, -0.15) is 0 Å². The van der Waals surface area contributed by atoms with Crippen LogP contribution in [0, 0.1) is 0 Å². The lowest BCUT2D eigenvalue weighted by molar-refractivity contribution is -0.121. The first kappa shape index (κ1) is 25.6. The van der Waals surface area contributed by atoms with E-state index in [4.69, 9.17) is 20.4 Å². The number of nitrogens with one attached hydrogen (secondary N) is 1. The Balaban J connectivity index is 1.13. The maximum absolute atomic E-state index is 12.3. The molecule has 0 saturated heterocycles. The quantitative estimate of drug-likeness (QED) is 0.215. The monoisotopic (exact) mass is 475 g/mol. The van der Waals surface area contributed by atoms with E-state index < -0.39 is 11.6 Å². The summed E-state index contributed by atoms with van der Waals surface area (Å²) in [6.07, 6.45) is 9.57. The van der Waals surface area contributed by atoms with E-state index in [1.165, 1.54) is 10.9 Å². The van der Waals surface area contributed by atoms with Crippen LogP contribution in [-0.4, -0.2) is 37.7 Å². The van der Waals surface area contributed by atoms with Gasteiger partial charge in [0.1, 0.15) is 12.4 Å². The normalized spacial score (nSPS) is 12.8. The topological polar surface area (TPSA) is 56.2 Å². The SMILES string of the molecule is [B]C(C(=O)NCCCCCCn1ccc2cc(OCc3ccccc3)ccc21)C([B])c1cccnc1. The van der Waals surface area contributed by atoms with Crippen molar-refractivity contribution in [2.45, 2.75) is 50.5 Å². The van der Waals surface area contributed by atoms with Crippen molar-refractivity contribution in [3.63, 3.8) is 0 Å². The number of carbonyl (C=O) groups is 1. The van der Waals surface area contributed by atoms with Crippen LogP contribution in [0.15, 0.2) is 85.3 Å². The minimum absolute atomic E-state index is 0.225. The molecule has 2 aromatic heterocycles. The molecule has 4 radical (unpaired) electrons. The van der Waals surface area contributed by atoms with Gasteiger partial charge in [0.15, 0.2) is 0 Å². The van der Waals surface area contributed by atoms with E-state index in [9.17, 15) is 4.79 Å². The lowest BCUT2D eigenvalue weighted by Crippen LogP contribution is -2.31. The number of ether oxygens (including phenoxy) is 1. The summed E-state index contributed by atoms with van der Waals surface area (Å²) in [5.41, 5.74) is 3.13. The number of aromatic nitrogens is 2. The first-order valence-electron chi connectivity index (χ1n) is 12.6. The third-order valence-electron chi connectivity index (χ3n) is 6.37. The van der Waals surface area contributed by atoms with Crippen molar-refractivity contribution in [2.24, 2.45) is 0 Å². The van der Waals surface area contributed by atoms with Gasteiger partial charge in [-0.05, 0) is 65.9 Å². The zero-order valence-electron chi connectivity index (χ0n) is 20.6. The lowest BCUT2D eigenvalue weighted by Gasteiger charge is -2.20. The van der Waals surface area contributed by atoms with Crippen molar-refractivity contribution in [2.75, 3.05) is 6.54 Å². The van der Waals surface area contributed by atoms with Crippen LogP contribution in [0.4, 0.5) is 0 Å². The number of rotatable bonds is 13. The molecule has 5 nitrogen and oxygen atoms in total. The molecule has 2 atom stereocenters. The van der Waals surface area contributed by atoms with E-state index in [-0.39, 0.29) is 5.91 Å². The molecule has 0 aliphatic rings. The van der Waals surface area contributed by atoms with Crippen LogP contribution in [0.3, 0.4) is 0 Å². The van der Waals surface area contributed by atoms with E-state index in [2.05, 4.69) is 51.4 Å². The van der Waals surface area contributed by atoms with Crippen molar-refractivity contribution in [1.82, 2.24) is 14.9 Å². The Morgan fingerprint density at radius 2 is 1.81 bits per heavy atom. The second-order valence-electron chi connectivity index (χ2n) is 9.05. The summed E-state index contributed by atoms with van der Waals surface area (Å²) in [6, 6.07) is 22.2. The van der Waals surface area contributed by atoms with Crippen molar-refractivity contribution in [3.05, 3.63) is 96.4 Å². The molecule has 0 fully saturated rings. The summed E-state index contributed by atoms with van der Waals surface area (Å²) < 4.78 is 8.24. The van der Waals surface area contributed by atoms with Crippen LogP contribution in [-0.2, 0) is 17.9 Å². The zero-order chi connectivity index (χ0) is 25.2. The molecule has 4 rings (SSSR count). The highest BCUT2D eigenvalue weighted by Crippen LogP contribution is 2.24. The highest BCUT2D eigenvalue weighted by atomic mass is 16.5. The number of carbonyl (C=O) groups excluding carboxylic acids is 1. The molecule has 0 aliphatic heterocycles. The molecule has 0 aliphatic carbocycles. The molecular formula is C29H31B2N3O2. The standard InChI is InChI=1S/C29H31B2N3O2/c30-27(24-11-8-15-32-20-24)28(31)29(35)33-16-6-1-2-7-17-34-18-14-23-19-25(12-13-26(23)34)36-21-22-9-4-3-5-10-22/h3-5,8-15,18-20,27-28H,1-2,6-7,16-17,21H2,(H,33,35). The van der Waals surface area contributed by atoms with Crippen LogP contribution in [0.1, 0.15) is 42.6 Å². The summed E-state index contributed by atoms with van der Waals surface area (Å²) >= 11 is 0. The number of hydrogen-bond acceptors (Lipinski definition) is 3. The third-order valence-corrected chi connectivity index (χ3v) is 6.37. The van der Waals surface area contributed by atoms with Gasteiger partial charge in [0.2, 0.25) is 5.91 Å². The first-order valence-corrected chi connectivity index (χ1v) is 12.6. The smallest absolute Gasteiger partial charge is 0.214 e. The van der Waals surface area contributed by atoms with Gasteiger partial charge in [-0.25, -0.2) is 0 Å². The van der Waals surface area contributed by atoms with Gasteiger partial charge in [0.05, 0.1) is 15.7 Å². The Labute approximate surface area is 216 Å². The van der Waals surface area contributed by atoms with E-state index in [1.54, 1.807) is 18.5 Å². The molecule has 7 heteroatoms. The van der Waals surface area contributed by atoms with Gasteiger partial charge in [0, 0.05) is 42.6 Å². The van der Waals surface area contributed by atoms with Crippen molar-refractivity contribution >= 4 is 32.5 Å². The predicted octanol–water partition coefficient (Wildman–Crippen LogP) is 5.16. The first-order chi connectivity index (χ1) is 17.6. The van der Waals surface area contributed by atoms with Crippen LogP contribution in [0.25, 0.3) is 10.9 Å². The number of hydrogen-bond donors (Lipinski definition) is 1. The summed E-state index contributed by atoms with van der Waals surface area (Å²) in [6.45, 7) is 2.13. The van der Waals surface area contributed by atoms with Gasteiger partial charge < -0.3 is 14.6 Å². The molecule has 2 unspecified atom stereocenters. The van der Waals surface area contributed by atoms with Crippen LogP contribution in [0.5, 0.6) is 5.75 Å². The molecule has 1 amide bonds. The lowest BCUT2D eigenvalue weighted by atomic mass is 9.63. The average molecular weight is 475 g/mol. The molecule has 2 aromatic carbocycles. The van der Waals surface area contributed by atoms with Crippen molar-refractivity contribution in [3.8, 4) is 5.75 Å². The summed E-state index contributed by atoms with van der Waals surface area (Å²) in [4.78, 5) is 16.3. The number of pyridine rings is 1. The number of nitrogens with zero attached hydrogens (tertiary/aromatic N) is 2. The number of aryl methyl sites for hydroxylation is 1. The van der Waals surface area contributed by atoms with Gasteiger partial charge in [0.25, 0.3) is 0 Å². The second kappa shape index (κ2) is 13.0. The van der Waals surface area contributed by atoms with E-state index in [0.29, 0.717) is 13.2 Å². The number of fused-ring (bicyclic) bond motifs is 1. The molecule has 1 N–H and O–H groups in total. The Kier molecular flexibility index (Phi) is 9.26. The van der Waals surface area contributed by atoms with E-state index >= 15 is 0 Å². The fraction of sp³-hybridized carbons (Fsp3) is 0.310. The maximum Gasteiger partial charge on any atom is 0.214 e. The Morgan fingerprint density at radius 1 is 0.972 bits per heavy atom. The third kappa shape index (κ3) is 7.03. The predicted molar refractivity (Wildman–Crippen MR) is 146 cm³/mol. The highest BCUT2D eigenvalue weighted by Gasteiger charge is 2.20. The number of unbranched alkanes of at least 4 members (excludes halogenated alkanes) is 3. The molecule has 0 saturated carbocycles. The summed E-state index contributed by atoms with van der Waals surface area (Å²) in [5.74, 6) is -0.702. The fourth-order valence-electron chi connectivity index (χ4n) is 4.24. The Hall–Kier alpha value is -3.47. The minimum Gasteiger partial charge on any atom is -0.489 e. The minimum atomic E-state index is -0.791. The number of amides is 1. The van der Waals surface area contributed by atoms with Crippen LogP contribution < -0.4 is 10.1 Å². The van der Waals surface area contributed by atoms with Gasteiger partial charge in [-0.1, -0.05) is 49.2 Å². The van der Waals surface area contributed by atoms with Crippen molar-refractivity contribution < 1.29 is 9.53 Å². The van der Waals surface area contributed by atoms with Crippen LogP contribution >= 0.6 is 0 Å². The molecular weight excluding hydrogens is 444 g/mol. The Bertz CT molecular complexity index is 1230. The molecule has 180 valence electrons. The number of benzene rings is 2. The summed E-state index contributed by atoms with van der Waals surface area (Å²) in [5, 5.41) is 4.09. The summed E-state index contributed by atoms with van der Waals surface area (Å²) in [7, 11) is 12.1. The zero-order valence-corrected chi connectivity index (χ0v) is 20.6. The van der Waals surface area contributed by atoms with Crippen LogP contribution in [0.2, 0.25) is 5.82 Å². The Morgan fingerprint density at radius 3 is 2.61 bits per heavy atom. The van der Waals surface area contributed by atoms with E-state index in [1.807, 2.05) is 30.3 Å². The largest absolute Gasteiger partial charge is 0.489 e. The van der Waals surface area contributed by atoms with E-state index in [0.717, 1.165) is 49.1 Å². The average Bonchev–Trinajstić information content (AvgIpc) is 3.33. The van der Waals surface area contributed by atoms with Gasteiger partial charge in [-0.3, -0.25) is 9.78 Å². The van der Waals surface area contributed by atoms with Gasteiger partial charge in [-0.15, -0.1) is 0 Å². The van der Waals surface area contributed by atoms with Gasteiger partial charge >= 0.3 is 0 Å².